The van der Waals surface area contributed by atoms with Gasteiger partial charge in [0.25, 0.3) is 11.7 Å². The standard InChI is InChI=1S/C17H14F3N5O3/c1-2-27-13-7-3-11(4-8-13)21-16(26)15-22-24-25(23-15)12-5-9-14(10-6-12)28-17(18,19)20/h3-10H,2H2,1H3,(H,21,26). The van der Waals surface area contributed by atoms with Crippen molar-refractivity contribution in [2.45, 2.75) is 13.3 Å². The largest absolute Gasteiger partial charge is 0.573 e. The van der Waals surface area contributed by atoms with Crippen LogP contribution in [0.4, 0.5) is 18.9 Å². The summed E-state index contributed by atoms with van der Waals surface area (Å²) in [4.78, 5) is 13.2. The van der Waals surface area contributed by atoms with Crippen LogP contribution in [0.2, 0.25) is 0 Å². The number of amides is 1. The van der Waals surface area contributed by atoms with E-state index in [1.165, 1.54) is 12.1 Å². The summed E-state index contributed by atoms with van der Waals surface area (Å²) < 4.78 is 45.7. The Balaban J connectivity index is 1.66. The summed E-state index contributed by atoms with van der Waals surface area (Å²) in [6.07, 6.45) is -4.78. The quantitative estimate of drug-likeness (QED) is 0.692. The number of carbonyl (C=O) groups excluding carboxylic acids is 1. The summed E-state index contributed by atoms with van der Waals surface area (Å²) in [5.41, 5.74) is 0.820. The average molecular weight is 393 g/mol. The smallest absolute Gasteiger partial charge is 0.494 e. The van der Waals surface area contributed by atoms with E-state index in [0.29, 0.717) is 23.7 Å². The number of aromatic nitrogens is 4. The summed E-state index contributed by atoms with van der Waals surface area (Å²) in [6, 6.07) is 11.5. The molecule has 0 atom stereocenters. The third kappa shape index (κ3) is 4.96. The molecule has 3 aromatic rings. The first-order valence-electron chi connectivity index (χ1n) is 8.04. The Kier molecular flexibility index (Phi) is 5.43. The Labute approximate surface area is 156 Å². The number of rotatable bonds is 6. The molecule has 0 bridgehead atoms. The molecule has 0 fully saturated rings. The Morgan fingerprint density at radius 2 is 1.71 bits per heavy atom. The summed E-state index contributed by atoms with van der Waals surface area (Å²) >= 11 is 0. The molecule has 0 unspecified atom stereocenters. The van der Waals surface area contributed by atoms with E-state index in [2.05, 4.69) is 25.5 Å². The van der Waals surface area contributed by atoms with E-state index in [9.17, 15) is 18.0 Å². The van der Waals surface area contributed by atoms with Gasteiger partial charge in [-0.2, -0.15) is 0 Å². The van der Waals surface area contributed by atoms with E-state index in [1.54, 1.807) is 24.3 Å². The molecule has 0 aliphatic carbocycles. The molecule has 8 nitrogen and oxygen atoms in total. The molecule has 146 valence electrons. The summed E-state index contributed by atoms with van der Waals surface area (Å²) in [7, 11) is 0. The highest BCUT2D eigenvalue weighted by molar-refractivity contribution is 6.01. The van der Waals surface area contributed by atoms with Crippen molar-refractivity contribution in [2.75, 3.05) is 11.9 Å². The van der Waals surface area contributed by atoms with Gasteiger partial charge in [-0.1, -0.05) is 0 Å². The van der Waals surface area contributed by atoms with Crippen LogP contribution in [0, 0.1) is 0 Å². The third-order valence-electron chi connectivity index (χ3n) is 3.34. The Morgan fingerprint density at radius 3 is 2.32 bits per heavy atom. The Hall–Kier alpha value is -3.63. The molecule has 0 aliphatic heterocycles. The number of benzene rings is 2. The molecular formula is C17H14F3N5O3. The fraction of sp³-hybridized carbons (Fsp3) is 0.176. The van der Waals surface area contributed by atoms with Gasteiger partial charge in [-0.3, -0.25) is 4.79 Å². The number of tetrazole rings is 1. The minimum Gasteiger partial charge on any atom is -0.494 e. The van der Waals surface area contributed by atoms with Crippen LogP contribution >= 0.6 is 0 Å². The first-order valence-corrected chi connectivity index (χ1v) is 8.04. The molecule has 1 N–H and O–H groups in total. The lowest BCUT2D eigenvalue weighted by molar-refractivity contribution is -0.274. The molecule has 1 amide bonds. The van der Waals surface area contributed by atoms with E-state index in [1.807, 2.05) is 6.92 Å². The second kappa shape index (κ2) is 7.94. The molecule has 1 heterocycles. The zero-order valence-corrected chi connectivity index (χ0v) is 14.5. The SMILES string of the molecule is CCOc1ccc(NC(=O)c2nnn(-c3ccc(OC(F)(F)F)cc3)n2)cc1. The number of ether oxygens (including phenoxy) is 2. The van der Waals surface area contributed by atoms with E-state index in [4.69, 9.17) is 4.74 Å². The lowest BCUT2D eigenvalue weighted by atomic mass is 10.3. The summed E-state index contributed by atoms with van der Waals surface area (Å²) in [5, 5.41) is 13.9. The fourth-order valence-corrected chi connectivity index (χ4v) is 2.18. The number of halogens is 3. The van der Waals surface area contributed by atoms with Crippen LogP contribution in [0.3, 0.4) is 0 Å². The van der Waals surface area contributed by atoms with Crippen LogP contribution in [0.25, 0.3) is 5.69 Å². The number of nitrogens with zero attached hydrogens (tertiary/aromatic N) is 4. The van der Waals surface area contributed by atoms with Crippen molar-refractivity contribution in [3.05, 3.63) is 54.4 Å². The third-order valence-corrected chi connectivity index (χ3v) is 3.34. The topological polar surface area (TPSA) is 91.2 Å². The van der Waals surface area contributed by atoms with Crippen LogP contribution < -0.4 is 14.8 Å². The lowest BCUT2D eigenvalue weighted by Gasteiger charge is -2.08. The number of alkyl halides is 3. The van der Waals surface area contributed by atoms with Gasteiger partial charge < -0.3 is 14.8 Å². The molecule has 0 saturated carbocycles. The van der Waals surface area contributed by atoms with Crippen molar-refractivity contribution in [3.8, 4) is 17.2 Å². The van der Waals surface area contributed by atoms with Gasteiger partial charge in [-0.25, -0.2) is 0 Å². The van der Waals surface area contributed by atoms with Gasteiger partial charge in [0.05, 0.1) is 12.3 Å². The van der Waals surface area contributed by atoms with Gasteiger partial charge in [0.1, 0.15) is 11.5 Å². The van der Waals surface area contributed by atoms with Gasteiger partial charge in [-0.05, 0) is 60.7 Å². The van der Waals surface area contributed by atoms with Gasteiger partial charge in [0.15, 0.2) is 0 Å². The highest BCUT2D eigenvalue weighted by Crippen LogP contribution is 2.23. The molecule has 0 spiro atoms. The number of hydrogen-bond acceptors (Lipinski definition) is 6. The molecule has 3 rings (SSSR count). The molecule has 11 heteroatoms. The van der Waals surface area contributed by atoms with E-state index < -0.39 is 12.3 Å². The zero-order chi connectivity index (χ0) is 20.1. The minimum absolute atomic E-state index is 0.204. The second-order valence-electron chi connectivity index (χ2n) is 5.36. The molecule has 0 radical (unpaired) electrons. The van der Waals surface area contributed by atoms with Crippen molar-refractivity contribution in [1.82, 2.24) is 20.2 Å². The zero-order valence-electron chi connectivity index (χ0n) is 14.5. The number of anilines is 1. The highest BCUT2D eigenvalue weighted by Gasteiger charge is 2.31. The van der Waals surface area contributed by atoms with Crippen molar-refractivity contribution in [1.29, 1.82) is 0 Å². The number of hydrogen-bond donors (Lipinski definition) is 1. The maximum Gasteiger partial charge on any atom is 0.573 e. The van der Waals surface area contributed by atoms with Crippen molar-refractivity contribution >= 4 is 11.6 Å². The Bertz CT molecular complexity index is 940. The molecule has 2 aromatic carbocycles. The lowest BCUT2D eigenvalue weighted by Crippen LogP contribution is -2.17. The first-order chi connectivity index (χ1) is 13.3. The maximum atomic E-state index is 12.2. The van der Waals surface area contributed by atoms with Crippen LogP contribution in [0.5, 0.6) is 11.5 Å². The summed E-state index contributed by atoms with van der Waals surface area (Å²) in [5.74, 6) is -0.510. The Morgan fingerprint density at radius 1 is 1.07 bits per heavy atom. The molecule has 1 aromatic heterocycles. The van der Waals surface area contributed by atoms with Crippen molar-refractivity contribution in [2.24, 2.45) is 0 Å². The van der Waals surface area contributed by atoms with Gasteiger partial charge in [0, 0.05) is 5.69 Å². The number of carbonyl (C=O) groups is 1. The molecule has 0 saturated heterocycles. The molecule has 0 aliphatic rings. The predicted molar refractivity (Wildman–Crippen MR) is 91.4 cm³/mol. The fourth-order valence-electron chi connectivity index (χ4n) is 2.18. The average Bonchev–Trinajstić information content (AvgIpc) is 3.13. The minimum atomic E-state index is -4.78. The van der Waals surface area contributed by atoms with Crippen LogP contribution in [-0.4, -0.2) is 39.1 Å². The van der Waals surface area contributed by atoms with E-state index >= 15 is 0 Å². The first kappa shape index (κ1) is 19.1. The van der Waals surface area contributed by atoms with Crippen LogP contribution in [0.15, 0.2) is 48.5 Å². The van der Waals surface area contributed by atoms with E-state index in [-0.39, 0.29) is 11.6 Å². The molecule has 28 heavy (non-hydrogen) atoms. The van der Waals surface area contributed by atoms with Gasteiger partial charge in [0.2, 0.25) is 0 Å². The monoisotopic (exact) mass is 393 g/mol. The summed E-state index contributed by atoms with van der Waals surface area (Å²) in [6.45, 7) is 2.39. The molecular weight excluding hydrogens is 379 g/mol. The maximum absolute atomic E-state index is 12.2. The normalized spacial score (nSPS) is 11.1. The van der Waals surface area contributed by atoms with Gasteiger partial charge in [-0.15, -0.1) is 28.2 Å². The van der Waals surface area contributed by atoms with Crippen LogP contribution in [0.1, 0.15) is 17.5 Å². The predicted octanol–water partition coefficient (Wildman–Crippen LogP) is 3.21. The van der Waals surface area contributed by atoms with Gasteiger partial charge >= 0.3 is 6.36 Å². The number of nitrogens with one attached hydrogen (secondary N) is 1. The van der Waals surface area contributed by atoms with Crippen molar-refractivity contribution in [3.63, 3.8) is 0 Å². The highest BCUT2D eigenvalue weighted by atomic mass is 19.4. The second-order valence-corrected chi connectivity index (χ2v) is 5.36. The van der Waals surface area contributed by atoms with Crippen molar-refractivity contribution < 1.29 is 27.4 Å². The van der Waals surface area contributed by atoms with E-state index in [0.717, 1.165) is 16.9 Å². The van der Waals surface area contributed by atoms with Crippen LogP contribution in [-0.2, 0) is 0 Å².